The number of hydrogen-bond acceptors (Lipinski definition) is 2. The summed E-state index contributed by atoms with van der Waals surface area (Å²) in [6, 6.07) is 1.41. The molecule has 4 nitrogen and oxygen atoms in total. The van der Waals surface area contributed by atoms with Crippen LogP contribution in [0.4, 0.5) is 0 Å². The van der Waals surface area contributed by atoms with Gasteiger partial charge in [-0.3, -0.25) is 9.20 Å². The van der Waals surface area contributed by atoms with Crippen LogP contribution in [-0.4, -0.2) is 14.4 Å². The van der Waals surface area contributed by atoms with Gasteiger partial charge in [-0.15, -0.1) is 0 Å². The van der Waals surface area contributed by atoms with E-state index in [2.05, 4.69) is 25.9 Å². The van der Waals surface area contributed by atoms with Crippen molar-refractivity contribution in [1.82, 2.24) is 14.4 Å². The minimum Gasteiger partial charge on any atom is -0.318 e. The summed E-state index contributed by atoms with van der Waals surface area (Å²) in [5.41, 5.74) is -0.0862. The van der Waals surface area contributed by atoms with Crippen LogP contribution in [0.25, 0.3) is 5.78 Å². The molecule has 0 aliphatic heterocycles. The average Bonchev–Trinajstić information content (AvgIpc) is 2.31. The number of fused-ring (bicyclic) bond motifs is 1. The van der Waals surface area contributed by atoms with Gasteiger partial charge in [0.05, 0.1) is 0 Å². The molecule has 0 bridgehead atoms. The fourth-order valence-corrected chi connectivity index (χ4v) is 1.27. The van der Waals surface area contributed by atoms with Gasteiger partial charge in [0.2, 0.25) is 5.78 Å². The molecule has 0 amide bonds. The Labute approximate surface area is 70.0 Å². The number of nitrogens with zero attached hydrogens (tertiary/aromatic N) is 2. The van der Waals surface area contributed by atoms with E-state index in [4.69, 9.17) is 0 Å². The van der Waals surface area contributed by atoms with Gasteiger partial charge < -0.3 is 4.98 Å². The molecule has 0 aliphatic carbocycles. The Kier molecular flexibility index (Phi) is 1.32. The van der Waals surface area contributed by atoms with E-state index in [9.17, 15) is 4.79 Å². The first-order valence-electron chi connectivity index (χ1n) is 2.99. The summed E-state index contributed by atoms with van der Waals surface area (Å²) in [6.07, 6.45) is 3.12. The number of halogens is 1. The highest BCUT2D eigenvalue weighted by Gasteiger charge is 1.98. The lowest BCUT2D eigenvalue weighted by Gasteiger charge is -1.85. The zero-order chi connectivity index (χ0) is 7.84. The SMILES string of the molecule is O=c1ccnc2[nH]c(Br)cn12. The van der Waals surface area contributed by atoms with Gasteiger partial charge in [0, 0.05) is 18.5 Å². The Morgan fingerprint density at radius 2 is 2.45 bits per heavy atom. The van der Waals surface area contributed by atoms with Gasteiger partial charge in [-0.2, -0.15) is 0 Å². The fraction of sp³-hybridized carbons (Fsp3) is 0. The molecule has 2 heterocycles. The second-order valence-electron chi connectivity index (χ2n) is 2.08. The minimum atomic E-state index is -0.0862. The summed E-state index contributed by atoms with van der Waals surface area (Å²) >= 11 is 3.20. The molecule has 0 fully saturated rings. The molecule has 2 aromatic rings. The zero-order valence-electron chi connectivity index (χ0n) is 5.41. The van der Waals surface area contributed by atoms with E-state index in [1.165, 1.54) is 16.7 Å². The first-order chi connectivity index (χ1) is 5.27. The van der Waals surface area contributed by atoms with E-state index in [0.29, 0.717) is 5.78 Å². The molecule has 11 heavy (non-hydrogen) atoms. The third kappa shape index (κ3) is 0.970. The number of nitrogens with one attached hydrogen (secondary N) is 1. The van der Waals surface area contributed by atoms with Crippen LogP contribution in [0.2, 0.25) is 0 Å². The maximum absolute atomic E-state index is 11.1. The van der Waals surface area contributed by atoms with Crippen LogP contribution >= 0.6 is 15.9 Å². The summed E-state index contributed by atoms with van der Waals surface area (Å²) in [7, 11) is 0. The third-order valence-electron chi connectivity index (χ3n) is 1.35. The van der Waals surface area contributed by atoms with Crippen molar-refractivity contribution < 1.29 is 0 Å². The van der Waals surface area contributed by atoms with Crippen molar-refractivity contribution in [2.24, 2.45) is 0 Å². The van der Waals surface area contributed by atoms with E-state index in [-0.39, 0.29) is 5.56 Å². The molecule has 0 radical (unpaired) electrons. The van der Waals surface area contributed by atoms with Crippen molar-refractivity contribution in [2.45, 2.75) is 0 Å². The van der Waals surface area contributed by atoms with Crippen molar-refractivity contribution in [3.05, 3.63) is 33.4 Å². The van der Waals surface area contributed by atoms with Gasteiger partial charge in [0.25, 0.3) is 5.56 Å². The zero-order valence-corrected chi connectivity index (χ0v) is 7.00. The van der Waals surface area contributed by atoms with Crippen molar-refractivity contribution in [3.8, 4) is 0 Å². The standard InChI is InChI=1S/C6H4BrN3O/c7-4-3-10-5(11)1-2-8-6(10)9-4/h1-3H,(H,8,9). The summed E-state index contributed by atoms with van der Waals surface area (Å²) in [5, 5.41) is 0. The second kappa shape index (κ2) is 2.20. The number of aromatic amines is 1. The highest BCUT2D eigenvalue weighted by Crippen LogP contribution is 2.05. The van der Waals surface area contributed by atoms with Crippen LogP contribution < -0.4 is 5.56 Å². The van der Waals surface area contributed by atoms with Gasteiger partial charge in [-0.05, 0) is 15.9 Å². The molecule has 56 valence electrons. The molecule has 5 heteroatoms. The topological polar surface area (TPSA) is 50.2 Å². The van der Waals surface area contributed by atoms with Crippen LogP contribution in [0.15, 0.2) is 27.9 Å². The van der Waals surface area contributed by atoms with Crippen molar-refractivity contribution >= 4 is 21.7 Å². The molecule has 2 rings (SSSR count). The molecule has 0 saturated carbocycles. The molecule has 0 saturated heterocycles. The summed E-state index contributed by atoms with van der Waals surface area (Å²) in [4.78, 5) is 17.9. The van der Waals surface area contributed by atoms with Crippen LogP contribution in [0.1, 0.15) is 0 Å². The van der Waals surface area contributed by atoms with Crippen LogP contribution in [0.5, 0.6) is 0 Å². The van der Waals surface area contributed by atoms with E-state index in [1.807, 2.05) is 0 Å². The predicted molar refractivity (Wildman–Crippen MR) is 43.5 cm³/mol. The second-order valence-corrected chi connectivity index (χ2v) is 2.93. The highest BCUT2D eigenvalue weighted by molar-refractivity contribution is 9.10. The normalized spacial score (nSPS) is 10.6. The first-order valence-corrected chi connectivity index (χ1v) is 3.78. The van der Waals surface area contributed by atoms with E-state index >= 15 is 0 Å². The van der Waals surface area contributed by atoms with Crippen molar-refractivity contribution in [3.63, 3.8) is 0 Å². The lowest BCUT2D eigenvalue weighted by Crippen LogP contribution is -2.09. The fourth-order valence-electron chi connectivity index (χ4n) is 0.888. The summed E-state index contributed by atoms with van der Waals surface area (Å²) in [6.45, 7) is 0. The molecule has 0 aromatic carbocycles. The quantitative estimate of drug-likeness (QED) is 0.704. The minimum absolute atomic E-state index is 0.0862. The van der Waals surface area contributed by atoms with Crippen LogP contribution in [0.3, 0.4) is 0 Å². The Balaban J connectivity index is 3.02. The third-order valence-corrected chi connectivity index (χ3v) is 1.76. The Hall–Kier alpha value is -1.10. The van der Waals surface area contributed by atoms with Gasteiger partial charge >= 0.3 is 0 Å². The smallest absolute Gasteiger partial charge is 0.259 e. The largest absolute Gasteiger partial charge is 0.318 e. The lowest BCUT2D eigenvalue weighted by molar-refractivity contribution is 1.05. The van der Waals surface area contributed by atoms with E-state index < -0.39 is 0 Å². The lowest BCUT2D eigenvalue weighted by atomic mass is 10.6. The van der Waals surface area contributed by atoms with E-state index in [0.717, 1.165) is 4.60 Å². The first kappa shape index (κ1) is 6.60. The molecule has 0 spiro atoms. The Morgan fingerprint density at radius 1 is 1.64 bits per heavy atom. The maximum atomic E-state index is 11.1. The van der Waals surface area contributed by atoms with Gasteiger partial charge in [-0.1, -0.05) is 0 Å². The number of H-pyrrole nitrogens is 1. The molecule has 0 atom stereocenters. The molecule has 2 aromatic heterocycles. The van der Waals surface area contributed by atoms with Crippen LogP contribution in [0, 0.1) is 0 Å². The van der Waals surface area contributed by atoms with Gasteiger partial charge in [0.15, 0.2) is 0 Å². The number of imidazole rings is 1. The monoisotopic (exact) mass is 213 g/mol. The van der Waals surface area contributed by atoms with Crippen LogP contribution in [-0.2, 0) is 0 Å². The van der Waals surface area contributed by atoms with E-state index in [1.54, 1.807) is 6.20 Å². The van der Waals surface area contributed by atoms with Gasteiger partial charge in [-0.25, -0.2) is 4.98 Å². The van der Waals surface area contributed by atoms with Crippen molar-refractivity contribution in [2.75, 3.05) is 0 Å². The van der Waals surface area contributed by atoms with Gasteiger partial charge in [0.1, 0.15) is 4.60 Å². The molecular formula is C6H4BrN3O. The summed E-state index contributed by atoms with van der Waals surface area (Å²) < 4.78 is 2.18. The highest BCUT2D eigenvalue weighted by atomic mass is 79.9. The molecule has 1 N–H and O–H groups in total. The van der Waals surface area contributed by atoms with Crippen molar-refractivity contribution in [1.29, 1.82) is 0 Å². The maximum Gasteiger partial charge on any atom is 0.259 e. The molecule has 0 aliphatic rings. The number of rotatable bonds is 0. The average molecular weight is 214 g/mol. The number of hydrogen-bond donors (Lipinski definition) is 1. The predicted octanol–water partition coefficient (Wildman–Crippen LogP) is 0.785. The summed E-state index contributed by atoms with van der Waals surface area (Å²) in [5.74, 6) is 0.546. The molecular weight excluding hydrogens is 210 g/mol. The number of aromatic nitrogens is 3. The Morgan fingerprint density at radius 3 is 3.18 bits per heavy atom. The Bertz CT molecular complexity index is 444. The molecule has 0 unspecified atom stereocenters.